The first-order chi connectivity index (χ1) is 18.4. The van der Waals surface area contributed by atoms with Crippen LogP contribution in [0.25, 0.3) is 0 Å². The van der Waals surface area contributed by atoms with Crippen LogP contribution >= 0.6 is 0 Å². The van der Waals surface area contributed by atoms with E-state index in [-0.39, 0.29) is 23.4 Å². The largest absolute Gasteiger partial charge is 0.352 e. The van der Waals surface area contributed by atoms with Crippen molar-refractivity contribution in [2.75, 3.05) is 10.8 Å². The molecule has 0 radical (unpaired) electrons. The van der Waals surface area contributed by atoms with Crippen molar-refractivity contribution in [3.05, 3.63) is 95.1 Å². The van der Waals surface area contributed by atoms with Crippen LogP contribution in [0.15, 0.2) is 77.7 Å². The lowest BCUT2D eigenvalue weighted by Crippen LogP contribution is -2.53. The van der Waals surface area contributed by atoms with Gasteiger partial charge in [0.25, 0.3) is 10.0 Å². The summed E-state index contributed by atoms with van der Waals surface area (Å²) in [5.41, 5.74) is 3.92. The molecule has 0 saturated heterocycles. The van der Waals surface area contributed by atoms with Gasteiger partial charge in [-0.3, -0.25) is 13.9 Å². The third-order valence-electron chi connectivity index (χ3n) is 6.50. The highest BCUT2D eigenvalue weighted by Gasteiger charge is 2.34. The van der Waals surface area contributed by atoms with Crippen molar-refractivity contribution in [3.63, 3.8) is 0 Å². The molecule has 208 valence electrons. The van der Waals surface area contributed by atoms with E-state index in [0.29, 0.717) is 12.1 Å². The summed E-state index contributed by atoms with van der Waals surface area (Å²) in [4.78, 5) is 28.9. The molecule has 1 atom stereocenters. The first-order valence-electron chi connectivity index (χ1n) is 13.2. The van der Waals surface area contributed by atoms with Gasteiger partial charge in [-0.2, -0.15) is 0 Å². The third-order valence-corrected chi connectivity index (χ3v) is 8.27. The summed E-state index contributed by atoms with van der Waals surface area (Å²) in [6, 6.07) is 20.5. The predicted molar refractivity (Wildman–Crippen MR) is 156 cm³/mol. The molecule has 0 aromatic heterocycles. The molecule has 0 bridgehead atoms. The summed E-state index contributed by atoms with van der Waals surface area (Å²) in [5.74, 6) is -0.722. The number of carbonyl (C=O) groups is 2. The van der Waals surface area contributed by atoms with Gasteiger partial charge in [-0.1, -0.05) is 67.1 Å². The smallest absolute Gasteiger partial charge is 0.264 e. The van der Waals surface area contributed by atoms with E-state index in [0.717, 1.165) is 22.3 Å². The molecular weight excluding hydrogens is 510 g/mol. The Morgan fingerprint density at radius 2 is 1.54 bits per heavy atom. The van der Waals surface area contributed by atoms with Crippen molar-refractivity contribution < 1.29 is 18.0 Å². The predicted octanol–water partition coefficient (Wildman–Crippen LogP) is 5.14. The highest BCUT2D eigenvalue weighted by atomic mass is 32.2. The highest BCUT2D eigenvalue weighted by Crippen LogP contribution is 2.28. The Morgan fingerprint density at radius 3 is 2.15 bits per heavy atom. The minimum atomic E-state index is -4.09. The number of carbonyl (C=O) groups excluding carboxylic acids is 2. The molecule has 8 heteroatoms. The fourth-order valence-electron chi connectivity index (χ4n) is 4.53. The number of benzene rings is 3. The first kappa shape index (κ1) is 29.9. The maximum Gasteiger partial charge on any atom is 0.264 e. The zero-order valence-electron chi connectivity index (χ0n) is 23.6. The van der Waals surface area contributed by atoms with E-state index in [1.807, 2.05) is 77.9 Å². The van der Waals surface area contributed by atoms with E-state index in [1.54, 1.807) is 24.3 Å². The second kappa shape index (κ2) is 12.9. The average molecular weight is 550 g/mol. The molecule has 2 amide bonds. The van der Waals surface area contributed by atoms with E-state index in [1.165, 1.54) is 21.3 Å². The summed E-state index contributed by atoms with van der Waals surface area (Å²) in [5, 5.41) is 2.92. The lowest BCUT2D eigenvalue weighted by Gasteiger charge is -2.34. The molecule has 0 saturated carbocycles. The van der Waals surface area contributed by atoms with Gasteiger partial charge in [-0.25, -0.2) is 8.42 Å². The van der Waals surface area contributed by atoms with E-state index in [2.05, 4.69) is 5.32 Å². The molecule has 0 aliphatic rings. The van der Waals surface area contributed by atoms with Crippen molar-refractivity contribution in [2.24, 2.45) is 0 Å². The Bertz CT molecular complexity index is 1400. The zero-order valence-corrected chi connectivity index (χ0v) is 24.5. The maximum atomic E-state index is 14.1. The molecule has 0 fully saturated rings. The number of sulfonamides is 1. The number of aryl methyl sites for hydroxylation is 3. The number of nitrogens with zero attached hydrogens (tertiary/aromatic N) is 2. The molecule has 1 N–H and O–H groups in total. The topological polar surface area (TPSA) is 86.8 Å². The number of rotatable bonds is 11. The van der Waals surface area contributed by atoms with Gasteiger partial charge >= 0.3 is 0 Å². The Labute approximate surface area is 232 Å². The van der Waals surface area contributed by atoms with Gasteiger partial charge in [0.15, 0.2) is 0 Å². The molecular formula is C31H39N3O4S. The summed E-state index contributed by atoms with van der Waals surface area (Å²) in [6.07, 6.45) is 0.380. The molecule has 1 unspecified atom stereocenters. The van der Waals surface area contributed by atoms with Crippen LogP contribution in [0, 0.1) is 20.8 Å². The summed E-state index contributed by atoms with van der Waals surface area (Å²) < 4.78 is 29.1. The van der Waals surface area contributed by atoms with Gasteiger partial charge < -0.3 is 10.2 Å². The standard InChI is InChI=1S/C31H39N3O4S/c1-7-28(31(36)32-22(2)3)33(20-26-13-11-12-23(4)18-26)30(35)21-34(29-19-24(5)16-17-25(29)6)39(37,38)27-14-9-8-10-15-27/h8-19,22,28H,7,20-21H2,1-6H3,(H,32,36). The fourth-order valence-corrected chi connectivity index (χ4v) is 6.02. The number of hydrogen-bond donors (Lipinski definition) is 1. The number of nitrogens with one attached hydrogen (secondary N) is 1. The van der Waals surface area contributed by atoms with Crippen LogP contribution in [0.1, 0.15) is 49.4 Å². The quantitative estimate of drug-likeness (QED) is 0.359. The van der Waals surface area contributed by atoms with Gasteiger partial charge in [0.1, 0.15) is 12.6 Å². The molecule has 0 aliphatic heterocycles. The van der Waals surface area contributed by atoms with Crippen LogP contribution in [0.5, 0.6) is 0 Å². The SMILES string of the molecule is CCC(C(=O)NC(C)C)N(Cc1cccc(C)c1)C(=O)CN(c1cc(C)ccc1C)S(=O)(=O)c1ccccc1. The van der Waals surface area contributed by atoms with E-state index >= 15 is 0 Å². The number of amides is 2. The maximum absolute atomic E-state index is 14.1. The first-order valence-corrected chi connectivity index (χ1v) is 14.7. The number of anilines is 1. The monoisotopic (exact) mass is 549 g/mol. The third kappa shape index (κ3) is 7.47. The van der Waals surface area contributed by atoms with E-state index in [9.17, 15) is 18.0 Å². The molecule has 39 heavy (non-hydrogen) atoms. The molecule has 0 spiro atoms. The van der Waals surface area contributed by atoms with Gasteiger partial charge in [-0.15, -0.1) is 0 Å². The minimum absolute atomic E-state index is 0.0912. The normalized spacial score (nSPS) is 12.2. The molecule has 3 aromatic rings. The van der Waals surface area contributed by atoms with Crippen LogP contribution in [-0.2, 0) is 26.2 Å². The fraction of sp³-hybridized carbons (Fsp3) is 0.355. The van der Waals surface area contributed by atoms with Crippen LogP contribution in [-0.4, -0.2) is 43.8 Å². The van der Waals surface area contributed by atoms with Crippen molar-refractivity contribution in [3.8, 4) is 0 Å². The molecule has 0 heterocycles. The van der Waals surface area contributed by atoms with E-state index in [4.69, 9.17) is 0 Å². The average Bonchev–Trinajstić information content (AvgIpc) is 2.88. The van der Waals surface area contributed by atoms with Crippen LogP contribution in [0.4, 0.5) is 5.69 Å². The van der Waals surface area contributed by atoms with Crippen molar-refractivity contribution in [1.29, 1.82) is 0 Å². The second-order valence-electron chi connectivity index (χ2n) is 10.2. The minimum Gasteiger partial charge on any atom is -0.352 e. The Balaban J connectivity index is 2.10. The van der Waals surface area contributed by atoms with Gasteiger partial charge in [0.2, 0.25) is 11.8 Å². The summed E-state index contributed by atoms with van der Waals surface area (Å²) in [6.45, 7) is 11.0. The molecule has 7 nitrogen and oxygen atoms in total. The summed E-state index contributed by atoms with van der Waals surface area (Å²) >= 11 is 0. The van der Waals surface area contributed by atoms with Gasteiger partial charge in [0, 0.05) is 12.6 Å². The lowest BCUT2D eigenvalue weighted by atomic mass is 10.1. The van der Waals surface area contributed by atoms with Crippen LogP contribution in [0.3, 0.4) is 0 Å². The second-order valence-corrected chi connectivity index (χ2v) is 12.1. The zero-order chi connectivity index (χ0) is 28.7. The van der Waals surface area contributed by atoms with Gasteiger partial charge in [0.05, 0.1) is 10.6 Å². The highest BCUT2D eigenvalue weighted by molar-refractivity contribution is 7.92. The summed E-state index contributed by atoms with van der Waals surface area (Å²) in [7, 11) is -4.09. The van der Waals surface area contributed by atoms with E-state index < -0.39 is 28.5 Å². The van der Waals surface area contributed by atoms with Crippen LogP contribution < -0.4 is 9.62 Å². The Hall–Kier alpha value is -3.65. The number of hydrogen-bond acceptors (Lipinski definition) is 4. The Morgan fingerprint density at radius 1 is 0.872 bits per heavy atom. The van der Waals surface area contributed by atoms with Crippen molar-refractivity contribution >= 4 is 27.5 Å². The Kier molecular flexibility index (Phi) is 9.92. The molecule has 3 aromatic carbocycles. The van der Waals surface area contributed by atoms with Gasteiger partial charge in [-0.05, 0) is 75.9 Å². The lowest BCUT2D eigenvalue weighted by molar-refractivity contribution is -0.140. The molecule has 3 rings (SSSR count). The van der Waals surface area contributed by atoms with Crippen LogP contribution in [0.2, 0.25) is 0 Å². The van der Waals surface area contributed by atoms with Crippen molar-refractivity contribution in [1.82, 2.24) is 10.2 Å². The molecule has 0 aliphatic carbocycles. The van der Waals surface area contributed by atoms with Crippen molar-refractivity contribution in [2.45, 2.75) is 71.5 Å².